The van der Waals surface area contributed by atoms with Gasteiger partial charge in [0.15, 0.2) is 0 Å². The SMILES string of the molecule is CN1CCN(c2cc([B-](F)(F)F)ccn2)CC1.[K+]. The van der Waals surface area contributed by atoms with E-state index in [-0.39, 0.29) is 51.4 Å². The predicted molar refractivity (Wildman–Crippen MR) is 62.7 cm³/mol. The van der Waals surface area contributed by atoms with Crippen LogP contribution in [0.5, 0.6) is 0 Å². The molecule has 0 bridgehead atoms. The van der Waals surface area contributed by atoms with Crippen molar-refractivity contribution >= 4 is 18.3 Å². The largest absolute Gasteiger partial charge is 1.00 e. The Bertz CT molecular complexity index is 394. The monoisotopic (exact) mass is 283 g/mol. The van der Waals surface area contributed by atoms with Gasteiger partial charge < -0.3 is 22.7 Å². The maximum Gasteiger partial charge on any atom is 1.00 e. The summed E-state index contributed by atoms with van der Waals surface area (Å²) in [5.74, 6) is 0.426. The number of rotatable bonds is 2. The molecule has 0 atom stereocenters. The van der Waals surface area contributed by atoms with E-state index in [2.05, 4.69) is 9.88 Å². The molecule has 3 nitrogen and oxygen atoms in total. The maximum atomic E-state index is 12.6. The van der Waals surface area contributed by atoms with Crippen LogP contribution < -0.4 is 61.7 Å². The molecule has 0 N–H and O–H groups in total. The molecule has 0 aromatic carbocycles. The molecule has 0 unspecified atom stereocenters. The molecule has 2 heterocycles. The van der Waals surface area contributed by atoms with Gasteiger partial charge in [0, 0.05) is 32.4 Å². The summed E-state index contributed by atoms with van der Waals surface area (Å²) in [6, 6.07) is 2.17. The number of hydrogen-bond acceptors (Lipinski definition) is 3. The predicted octanol–water partition coefficient (Wildman–Crippen LogP) is -2.11. The Kier molecular flexibility index (Phi) is 6.14. The molecule has 18 heavy (non-hydrogen) atoms. The van der Waals surface area contributed by atoms with Crippen LogP contribution >= 0.6 is 0 Å². The van der Waals surface area contributed by atoms with E-state index < -0.39 is 12.4 Å². The number of pyridine rings is 1. The van der Waals surface area contributed by atoms with Crippen LogP contribution in [0.1, 0.15) is 0 Å². The molecule has 1 fully saturated rings. The molecular weight excluding hydrogens is 269 g/mol. The van der Waals surface area contributed by atoms with Crippen molar-refractivity contribution in [3.63, 3.8) is 0 Å². The molecule has 1 aromatic rings. The Balaban J connectivity index is 0.00000162. The third-order valence-electron chi connectivity index (χ3n) is 2.97. The van der Waals surface area contributed by atoms with Gasteiger partial charge in [0.25, 0.3) is 0 Å². The Labute approximate surface area is 147 Å². The van der Waals surface area contributed by atoms with Gasteiger partial charge in [-0.2, -0.15) is 0 Å². The molecule has 1 aliphatic rings. The summed E-state index contributed by atoms with van der Waals surface area (Å²) in [4.78, 5) is 8.06. The van der Waals surface area contributed by atoms with Crippen LogP contribution in [0.3, 0.4) is 0 Å². The molecule has 0 saturated carbocycles. The number of likely N-dealkylation sites (N-methyl/N-ethyl adjacent to an activating group) is 1. The van der Waals surface area contributed by atoms with Crippen molar-refractivity contribution in [2.24, 2.45) is 0 Å². The van der Waals surface area contributed by atoms with Crippen molar-refractivity contribution in [2.75, 3.05) is 38.1 Å². The quantitative estimate of drug-likeness (QED) is 0.579. The van der Waals surface area contributed by atoms with E-state index in [4.69, 9.17) is 0 Å². The summed E-state index contributed by atoms with van der Waals surface area (Å²) in [6.45, 7) is -1.80. The van der Waals surface area contributed by atoms with Crippen molar-refractivity contribution in [1.29, 1.82) is 0 Å². The number of anilines is 1. The van der Waals surface area contributed by atoms with Gasteiger partial charge in [-0.15, -0.1) is 5.46 Å². The van der Waals surface area contributed by atoms with Gasteiger partial charge in [-0.05, 0) is 13.1 Å². The van der Waals surface area contributed by atoms with Gasteiger partial charge in [-0.25, -0.2) is 4.98 Å². The number of nitrogens with zero attached hydrogens (tertiary/aromatic N) is 3. The Morgan fingerprint density at radius 1 is 1.17 bits per heavy atom. The van der Waals surface area contributed by atoms with Gasteiger partial charge in [-0.1, -0.05) is 6.07 Å². The number of halogens is 3. The van der Waals surface area contributed by atoms with Crippen molar-refractivity contribution in [3.05, 3.63) is 18.3 Å². The zero-order valence-electron chi connectivity index (χ0n) is 10.6. The molecule has 0 radical (unpaired) electrons. The smallest absolute Gasteiger partial charge is 0.445 e. The first-order valence-electron chi connectivity index (χ1n) is 5.56. The van der Waals surface area contributed by atoms with Crippen LogP contribution in [0.15, 0.2) is 18.3 Å². The summed E-state index contributed by atoms with van der Waals surface area (Å²) in [5.41, 5.74) is -0.575. The molecule has 1 saturated heterocycles. The van der Waals surface area contributed by atoms with Crippen LogP contribution in [0.4, 0.5) is 18.8 Å². The zero-order chi connectivity index (χ0) is 12.5. The van der Waals surface area contributed by atoms with Gasteiger partial charge in [0.2, 0.25) is 0 Å². The summed E-state index contributed by atoms with van der Waals surface area (Å²) < 4.78 is 37.8. The van der Waals surface area contributed by atoms with Crippen LogP contribution in [0.25, 0.3) is 0 Å². The average Bonchev–Trinajstić information content (AvgIpc) is 2.29. The molecule has 1 aliphatic heterocycles. The van der Waals surface area contributed by atoms with Crippen molar-refractivity contribution < 1.29 is 64.3 Å². The Morgan fingerprint density at radius 3 is 2.33 bits per heavy atom. The van der Waals surface area contributed by atoms with E-state index in [1.165, 1.54) is 6.20 Å². The van der Waals surface area contributed by atoms with Crippen LogP contribution in [0.2, 0.25) is 0 Å². The van der Waals surface area contributed by atoms with E-state index in [9.17, 15) is 12.9 Å². The molecular formula is C10H14BF3KN3. The minimum Gasteiger partial charge on any atom is -0.445 e. The molecule has 2 rings (SSSR count). The molecule has 8 heteroatoms. The van der Waals surface area contributed by atoms with Crippen LogP contribution in [-0.2, 0) is 0 Å². The standard InChI is InChI=1S/C10H14BF3N3.K/c1-16-4-6-17(7-5-16)10-8-9(2-3-15-10)11(12,13)14;/h2-3,8H,4-7H2,1H3;/q-1;+1. The first-order valence-corrected chi connectivity index (χ1v) is 5.56. The second kappa shape index (κ2) is 6.72. The summed E-state index contributed by atoms with van der Waals surface area (Å²) in [5, 5.41) is 0. The van der Waals surface area contributed by atoms with E-state index in [0.29, 0.717) is 5.82 Å². The van der Waals surface area contributed by atoms with E-state index in [1.54, 1.807) is 0 Å². The first kappa shape index (κ1) is 16.5. The van der Waals surface area contributed by atoms with Gasteiger partial charge >= 0.3 is 58.4 Å². The van der Waals surface area contributed by atoms with Gasteiger partial charge in [-0.3, -0.25) is 0 Å². The third kappa shape index (κ3) is 4.21. The summed E-state index contributed by atoms with van der Waals surface area (Å²) >= 11 is 0. The zero-order valence-corrected chi connectivity index (χ0v) is 13.7. The van der Waals surface area contributed by atoms with Crippen molar-refractivity contribution in [1.82, 2.24) is 9.88 Å². The Hall–Kier alpha value is 0.401. The van der Waals surface area contributed by atoms with Crippen LogP contribution in [0, 0.1) is 0 Å². The topological polar surface area (TPSA) is 19.4 Å². The number of aromatic nitrogens is 1. The third-order valence-corrected chi connectivity index (χ3v) is 2.97. The van der Waals surface area contributed by atoms with E-state index in [0.717, 1.165) is 38.3 Å². The first-order chi connectivity index (χ1) is 7.97. The fraction of sp³-hybridized carbons (Fsp3) is 0.500. The minimum absolute atomic E-state index is 0. The van der Waals surface area contributed by atoms with Crippen molar-refractivity contribution in [2.45, 2.75) is 0 Å². The molecule has 0 aliphatic carbocycles. The van der Waals surface area contributed by atoms with Gasteiger partial charge in [0.1, 0.15) is 5.82 Å². The second-order valence-electron chi connectivity index (χ2n) is 4.31. The normalized spacial score (nSPS) is 17.4. The van der Waals surface area contributed by atoms with Crippen LogP contribution in [-0.4, -0.2) is 50.1 Å². The minimum atomic E-state index is -4.94. The molecule has 0 spiro atoms. The summed E-state index contributed by atoms with van der Waals surface area (Å²) in [7, 11) is 2.00. The fourth-order valence-corrected chi connectivity index (χ4v) is 1.85. The second-order valence-corrected chi connectivity index (χ2v) is 4.31. The summed E-state index contributed by atoms with van der Waals surface area (Å²) in [6.07, 6.45) is 1.23. The van der Waals surface area contributed by atoms with E-state index in [1.807, 2.05) is 11.9 Å². The number of piperazine rings is 1. The van der Waals surface area contributed by atoms with E-state index >= 15 is 0 Å². The fourth-order valence-electron chi connectivity index (χ4n) is 1.85. The average molecular weight is 283 g/mol. The maximum absolute atomic E-state index is 12.6. The van der Waals surface area contributed by atoms with Gasteiger partial charge in [0.05, 0.1) is 0 Å². The molecule has 94 valence electrons. The number of hydrogen-bond donors (Lipinski definition) is 0. The Morgan fingerprint density at radius 2 is 1.78 bits per heavy atom. The molecule has 1 aromatic heterocycles. The molecule has 0 amide bonds. The van der Waals surface area contributed by atoms with Crippen molar-refractivity contribution in [3.8, 4) is 0 Å².